The maximum atomic E-state index is 14.6. The lowest BCUT2D eigenvalue weighted by Crippen LogP contribution is -2.52. The Bertz CT molecular complexity index is 1370. The van der Waals surface area contributed by atoms with Gasteiger partial charge in [0.15, 0.2) is 0 Å². The van der Waals surface area contributed by atoms with E-state index in [0.29, 0.717) is 35.7 Å². The molecule has 196 valence electrons. The Morgan fingerprint density at radius 2 is 1.84 bits per heavy atom. The first-order valence-corrected chi connectivity index (χ1v) is 13.6. The van der Waals surface area contributed by atoms with E-state index in [1.54, 1.807) is 24.3 Å². The molecule has 3 amide bonds. The molecule has 12 heteroatoms. The normalized spacial score (nSPS) is 20.7. The lowest BCUT2D eigenvalue weighted by Gasteiger charge is -2.36. The first kappa shape index (κ1) is 25.2. The number of carbonyl (C=O) groups excluding carboxylic acids is 3. The van der Waals surface area contributed by atoms with Gasteiger partial charge in [-0.15, -0.1) is 0 Å². The number of nitrogens with one attached hydrogen (secondary N) is 1. The number of carbonyl (C=O) groups is 3. The predicted molar refractivity (Wildman–Crippen MR) is 132 cm³/mol. The molecule has 5 rings (SSSR count). The van der Waals surface area contributed by atoms with Gasteiger partial charge in [-0.1, -0.05) is 12.1 Å². The summed E-state index contributed by atoms with van der Waals surface area (Å²) in [7, 11) is -2.07. The van der Waals surface area contributed by atoms with Crippen LogP contribution in [0.5, 0.6) is 5.75 Å². The summed E-state index contributed by atoms with van der Waals surface area (Å²) in [6.45, 7) is 1.18. The highest BCUT2D eigenvalue weighted by molar-refractivity contribution is 7.88. The number of benzene rings is 2. The Hall–Kier alpha value is -3.51. The molecule has 3 aliphatic rings. The minimum atomic E-state index is -3.59. The number of amides is 3. The van der Waals surface area contributed by atoms with Gasteiger partial charge in [0.05, 0.1) is 12.9 Å². The van der Waals surface area contributed by atoms with Gasteiger partial charge in [-0.05, 0) is 36.2 Å². The van der Waals surface area contributed by atoms with Crippen LogP contribution in [0.15, 0.2) is 36.4 Å². The van der Waals surface area contributed by atoms with Crippen molar-refractivity contribution in [1.82, 2.24) is 14.5 Å². The smallest absolute Gasteiger partial charge is 0.255 e. The SMILES string of the molecule is COc1cccc(CS(=O)(=O)N2CCN(c3cc(F)cc4c3CN(C3CCC(=O)NC3=O)C4=O)CC2)c1. The molecule has 2 aromatic carbocycles. The van der Waals surface area contributed by atoms with E-state index >= 15 is 0 Å². The van der Waals surface area contributed by atoms with Gasteiger partial charge in [0.25, 0.3) is 5.91 Å². The molecule has 3 aliphatic heterocycles. The number of fused-ring (bicyclic) bond motifs is 1. The van der Waals surface area contributed by atoms with Crippen LogP contribution in [0.1, 0.15) is 34.3 Å². The van der Waals surface area contributed by atoms with Crippen molar-refractivity contribution >= 4 is 33.4 Å². The zero-order valence-electron chi connectivity index (χ0n) is 20.3. The van der Waals surface area contributed by atoms with Gasteiger partial charge in [-0.3, -0.25) is 19.7 Å². The van der Waals surface area contributed by atoms with Crippen molar-refractivity contribution < 1.29 is 31.9 Å². The fourth-order valence-electron chi connectivity index (χ4n) is 5.16. The number of halogens is 1. The van der Waals surface area contributed by atoms with Gasteiger partial charge in [0.2, 0.25) is 21.8 Å². The van der Waals surface area contributed by atoms with Crippen molar-refractivity contribution in [2.45, 2.75) is 31.2 Å². The second-order valence-corrected chi connectivity index (χ2v) is 11.3. The van der Waals surface area contributed by atoms with E-state index in [4.69, 9.17) is 4.74 Å². The number of imide groups is 1. The molecule has 2 aromatic rings. The Labute approximate surface area is 214 Å². The number of ether oxygens (including phenoxy) is 1. The van der Waals surface area contributed by atoms with Crippen LogP contribution >= 0.6 is 0 Å². The van der Waals surface area contributed by atoms with E-state index in [2.05, 4.69) is 5.32 Å². The number of nitrogens with zero attached hydrogens (tertiary/aromatic N) is 3. The topological polar surface area (TPSA) is 116 Å². The summed E-state index contributed by atoms with van der Waals surface area (Å²) in [5.74, 6) is -1.52. The highest BCUT2D eigenvalue weighted by Gasteiger charge is 2.41. The first-order chi connectivity index (χ1) is 17.7. The standard InChI is InChI=1S/C25H27FN4O6S/c1-36-18-4-2-3-16(11-18)15-37(34,35)29-9-7-28(8-10-29)22-13-17(26)12-19-20(22)14-30(25(19)33)21-5-6-23(31)27-24(21)32/h2-4,11-13,21H,5-10,14-15H2,1H3,(H,27,31,32). The van der Waals surface area contributed by atoms with E-state index in [1.165, 1.54) is 28.4 Å². The van der Waals surface area contributed by atoms with Crippen LogP contribution in [-0.4, -0.2) is 74.7 Å². The maximum Gasteiger partial charge on any atom is 0.255 e. The predicted octanol–water partition coefficient (Wildman–Crippen LogP) is 1.25. The molecule has 3 heterocycles. The maximum absolute atomic E-state index is 14.6. The number of sulfonamides is 1. The van der Waals surface area contributed by atoms with Gasteiger partial charge in [0, 0.05) is 56.0 Å². The monoisotopic (exact) mass is 530 g/mol. The second kappa shape index (κ2) is 9.75. The fourth-order valence-corrected chi connectivity index (χ4v) is 6.66. The molecule has 10 nitrogen and oxygen atoms in total. The minimum Gasteiger partial charge on any atom is -0.497 e. The van der Waals surface area contributed by atoms with E-state index in [1.807, 2.05) is 4.90 Å². The van der Waals surface area contributed by atoms with Gasteiger partial charge < -0.3 is 14.5 Å². The summed E-state index contributed by atoms with van der Waals surface area (Å²) < 4.78 is 47.3. The fraction of sp³-hybridized carbons (Fsp3) is 0.400. The van der Waals surface area contributed by atoms with Crippen LogP contribution in [0.25, 0.3) is 0 Å². The molecule has 1 atom stereocenters. The number of methoxy groups -OCH3 is 1. The Morgan fingerprint density at radius 3 is 2.54 bits per heavy atom. The lowest BCUT2D eigenvalue weighted by molar-refractivity contribution is -0.136. The summed E-state index contributed by atoms with van der Waals surface area (Å²) >= 11 is 0. The van der Waals surface area contributed by atoms with Crippen molar-refractivity contribution in [1.29, 1.82) is 0 Å². The summed E-state index contributed by atoms with van der Waals surface area (Å²) in [5.41, 5.74) is 1.93. The summed E-state index contributed by atoms with van der Waals surface area (Å²) in [6, 6.07) is 8.63. The first-order valence-electron chi connectivity index (χ1n) is 12.0. The second-order valence-electron chi connectivity index (χ2n) is 9.34. The zero-order valence-corrected chi connectivity index (χ0v) is 21.1. The van der Waals surface area contributed by atoms with Crippen LogP contribution < -0.4 is 15.0 Å². The molecular weight excluding hydrogens is 503 g/mol. The Kier molecular flexibility index (Phi) is 6.63. The molecule has 0 spiro atoms. The number of piperidine rings is 1. The number of rotatable bonds is 6. The van der Waals surface area contributed by atoms with Gasteiger partial charge >= 0.3 is 0 Å². The van der Waals surface area contributed by atoms with Crippen LogP contribution in [0, 0.1) is 5.82 Å². The molecule has 0 aromatic heterocycles. The molecule has 0 saturated carbocycles. The molecular formula is C25H27FN4O6S. The molecule has 0 aliphatic carbocycles. The highest BCUT2D eigenvalue weighted by Crippen LogP contribution is 2.35. The quantitative estimate of drug-likeness (QED) is 0.559. The van der Waals surface area contributed by atoms with Gasteiger partial charge in [0.1, 0.15) is 17.6 Å². The molecule has 0 radical (unpaired) electrons. The van der Waals surface area contributed by atoms with Crippen LogP contribution in [0.3, 0.4) is 0 Å². The van der Waals surface area contributed by atoms with Crippen molar-refractivity contribution in [3.63, 3.8) is 0 Å². The van der Waals surface area contributed by atoms with Crippen molar-refractivity contribution in [3.05, 3.63) is 58.9 Å². The molecule has 0 bridgehead atoms. The third-order valence-electron chi connectivity index (χ3n) is 7.05. The minimum absolute atomic E-state index is 0.115. The third-order valence-corrected chi connectivity index (χ3v) is 8.90. The molecule has 2 saturated heterocycles. The number of anilines is 1. The Morgan fingerprint density at radius 1 is 1.08 bits per heavy atom. The average molecular weight is 531 g/mol. The molecule has 37 heavy (non-hydrogen) atoms. The number of hydrogen-bond acceptors (Lipinski definition) is 7. The van der Waals surface area contributed by atoms with Crippen molar-refractivity contribution in [2.75, 3.05) is 38.2 Å². The van der Waals surface area contributed by atoms with E-state index < -0.39 is 33.7 Å². The average Bonchev–Trinajstić information content (AvgIpc) is 3.19. The van der Waals surface area contributed by atoms with E-state index in [0.717, 1.165) is 0 Å². The summed E-state index contributed by atoms with van der Waals surface area (Å²) in [6.07, 6.45) is 0.343. The van der Waals surface area contributed by atoms with Crippen LogP contribution in [0.4, 0.5) is 10.1 Å². The van der Waals surface area contributed by atoms with Gasteiger partial charge in [-0.2, -0.15) is 4.31 Å². The molecule has 1 N–H and O–H groups in total. The Balaban J connectivity index is 1.31. The summed E-state index contributed by atoms with van der Waals surface area (Å²) in [4.78, 5) is 40.2. The highest BCUT2D eigenvalue weighted by atomic mass is 32.2. The summed E-state index contributed by atoms with van der Waals surface area (Å²) in [5, 5.41) is 2.26. The number of piperazine rings is 1. The van der Waals surface area contributed by atoms with Crippen molar-refractivity contribution in [2.24, 2.45) is 0 Å². The largest absolute Gasteiger partial charge is 0.497 e. The van der Waals surface area contributed by atoms with Crippen molar-refractivity contribution in [3.8, 4) is 5.75 Å². The van der Waals surface area contributed by atoms with E-state index in [-0.39, 0.29) is 49.7 Å². The van der Waals surface area contributed by atoms with Crippen LogP contribution in [-0.2, 0) is 31.9 Å². The number of hydrogen-bond donors (Lipinski definition) is 1. The molecule has 1 unspecified atom stereocenters. The third kappa shape index (κ3) is 4.90. The lowest BCUT2D eigenvalue weighted by atomic mass is 10.0. The van der Waals surface area contributed by atoms with Crippen LogP contribution in [0.2, 0.25) is 0 Å². The molecule has 2 fully saturated rings. The van der Waals surface area contributed by atoms with E-state index in [9.17, 15) is 27.2 Å². The zero-order chi connectivity index (χ0) is 26.3. The van der Waals surface area contributed by atoms with Gasteiger partial charge in [-0.25, -0.2) is 12.8 Å².